The molecule has 0 bridgehead atoms. The Kier molecular flexibility index (Phi) is 23.3. The molecule has 0 aliphatic heterocycles. The van der Waals surface area contributed by atoms with Crippen LogP contribution in [0.4, 0.5) is 0 Å². The number of aliphatic hydroxyl groups is 1. The number of hydrogen-bond acceptors (Lipinski definition) is 10. The second-order valence-corrected chi connectivity index (χ2v) is 6.09. The molecule has 0 unspecified atom stereocenters. The summed E-state index contributed by atoms with van der Waals surface area (Å²) in [6.07, 6.45) is 3.17. The van der Waals surface area contributed by atoms with Crippen molar-refractivity contribution in [2.45, 2.75) is 0 Å². The average Bonchev–Trinajstić information content (AvgIpc) is 2.75. The molecule has 0 radical (unpaired) electrons. The van der Waals surface area contributed by atoms with E-state index >= 15 is 0 Å². The molecule has 0 saturated carbocycles. The number of aliphatic hydroxyl groups excluding tert-OH is 1. The maximum atomic E-state index is 10.9. The summed E-state index contributed by atoms with van der Waals surface area (Å²) in [5, 5.41) is 8.53. The second-order valence-electron chi connectivity index (χ2n) is 6.09. The molecule has 10 nitrogen and oxygen atoms in total. The molecule has 0 aromatic heterocycles. The molecule has 10 heteroatoms. The van der Waals surface area contributed by atoms with Crippen molar-refractivity contribution in [3.63, 3.8) is 0 Å². The van der Waals surface area contributed by atoms with E-state index < -0.39 is 0 Å². The van der Waals surface area contributed by atoms with Crippen LogP contribution in [0.2, 0.25) is 0 Å². The molecule has 0 spiro atoms. The van der Waals surface area contributed by atoms with Gasteiger partial charge in [-0.15, -0.1) is 0 Å². The zero-order valence-electron chi connectivity index (χ0n) is 18.4. The Bertz CT molecular complexity index is 396. The smallest absolute Gasteiger partial charge is 0.330 e. The van der Waals surface area contributed by atoms with Crippen LogP contribution in [-0.2, 0) is 38.0 Å². The summed E-state index contributed by atoms with van der Waals surface area (Å²) in [6.45, 7) is 7.45. The molecule has 0 saturated heterocycles. The molecule has 30 heavy (non-hydrogen) atoms. The Labute approximate surface area is 179 Å². The molecule has 0 amide bonds. The van der Waals surface area contributed by atoms with Crippen LogP contribution in [-0.4, -0.2) is 129 Å². The van der Waals surface area contributed by atoms with Gasteiger partial charge in [-0.1, -0.05) is 6.08 Å². The zero-order valence-corrected chi connectivity index (χ0v) is 18.4. The zero-order chi connectivity index (χ0) is 22.1. The maximum Gasteiger partial charge on any atom is 0.330 e. The quantitative estimate of drug-likeness (QED) is 0.131. The van der Waals surface area contributed by atoms with Gasteiger partial charge in [-0.05, 0) is 7.05 Å². The number of carbonyl (C=O) groups excluding carboxylic acids is 1. The van der Waals surface area contributed by atoms with E-state index in [-0.39, 0.29) is 12.6 Å². The molecule has 0 fully saturated rings. The van der Waals surface area contributed by atoms with Crippen molar-refractivity contribution >= 4 is 5.97 Å². The second kappa shape index (κ2) is 24.2. The minimum Gasteiger partial charge on any atom is -0.466 e. The van der Waals surface area contributed by atoms with Gasteiger partial charge in [0.05, 0.1) is 93.0 Å². The first-order valence-corrected chi connectivity index (χ1v) is 10.2. The van der Waals surface area contributed by atoms with Crippen molar-refractivity contribution in [3.05, 3.63) is 12.2 Å². The monoisotopic (exact) mass is 437 g/mol. The van der Waals surface area contributed by atoms with Crippen molar-refractivity contribution < 1.29 is 43.1 Å². The van der Waals surface area contributed by atoms with E-state index in [1.54, 1.807) is 6.08 Å². The molecule has 0 aliphatic rings. The highest BCUT2D eigenvalue weighted by molar-refractivity contribution is 5.81. The van der Waals surface area contributed by atoms with Gasteiger partial charge in [-0.3, -0.25) is 0 Å². The lowest BCUT2D eigenvalue weighted by molar-refractivity contribution is -0.134. The summed E-state index contributed by atoms with van der Waals surface area (Å²) in [5.41, 5.74) is 0. The van der Waals surface area contributed by atoms with Crippen LogP contribution in [0.25, 0.3) is 0 Å². The van der Waals surface area contributed by atoms with Crippen molar-refractivity contribution in [2.24, 2.45) is 0 Å². The van der Waals surface area contributed by atoms with Gasteiger partial charge in [0.1, 0.15) is 0 Å². The largest absolute Gasteiger partial charge is 0.466 e. The van der Waals surface area contributed by atoms with Crippen LogP contribution in [0, 0.1) is 0 Å². The Hall–Kier alpha value is -1.11. The van der Waals surface area contributed by atoms with Gasteiger partial charge in [0, 0.05) is 19.2 Å². The lowest BCUT2D eigenvalue weighted by Crippen LogP contribution is -2.24. The van der Waals surface area contributed by atoms with Crippen LogP contribution >= 0.6 is 0 Å². The summed E-state index contributed by atoms with van der Waals surface area (Å²) in [5.74, 6) is -0.351. The third kappa shape index (κ3) is 23.2. The Morgan fingerprint density at radius 3 is 1.53 bits per heavy atom. The van der Waals surface area contributed by atoms with Crippen LogP contribution in [0.3, 0.4) is 0 Å². The normalized spacial score (nSPS) is 11.6. The number of esters is 1. The lowest BCUT2D eigenvalue weighted by atomic mass is 10.4. The first-order valence-electron chi connectivity index (χ1n) is 10.2. The lowest BCUT2D eigenvalue weighted by Gasteiger charge is -2.14. The van der Waals surface area contributed by atoms with Gasteiger partial charge < -0.3 is 43.2 Å². The van der Waals surface area contributed by atoms with E-state index in [1.165, 1.54) is 13.2 Å². The van der Waals surface area contributed by atoms with E-state index in [2.05, 4.69) is 4.74 Å². The molecule has 178 valence electrons. The van der Waals surface area contributed by atoms with Gasteiger partial charge in [0.2, 0.25) is 0 Å². The molecule has 0 rings (SSSR count). The fourth-order valence-corrected chi connectivity index (χ4v) is 1.97. The maximum absolute atomic E-state index is 10.9. The van der Waals surface area contributed by atoms with Gasteiger partial charge in [0.25, 0.3) is 0 Å². The van der Waals surface area contributed by atoms with Crippen molar-refractivity contribution in [3.8, 4) is 0 Å². The number of nitrogens with zero attached hydrogens (tertiary/aromatic N) is 1. The van der Waals surface area contributed by atoms with Crippen molar-refractivity contribution in [1.82, 2.24) is 4.90 Å². The molecule has 0 heterocycles. The summed E-state index contributed by atoms with van der Waals surface area (Å²) in [6, 6.07) is 0. The number of ether oxygens (including phenoxy) is 7. The molecule has 0 atom stereocenters. The third-order valence-corrected chi connectivity index (χ3v) is 3.59. The highest BCUT2D eigenvalue weighted by Crippen LogP contribution is 1.88. The van der Waals surface area contributed by atoms with Crippen molar-refractivity contribution in [2.75, 3.05) is 113 Å². The van der Waals surface area contributed by atoms with Gasteiger partial charge >= 0.3 is 5.97 Å². The summed E-state index contributed by atoms with van der Waals surface area (Å²) >= 11 is 0. The predicted octanol–water partition coefficient (Wildman–Crippen LogP) is -0.261. The van der Waals surface area contributed by atoms with E-state index in [0.717, 1.165) is 6.54 Å². The Balaban J connectivity index is 3.16. The summed E-state index contributed by atoms with van der Waals surface area (Å²) in [4.78, 5) is 13.0. The Morgan fingerprint density at radius 2 is 1.13 bits per heavy atom. The predicted molar refractivity (Wildman–Crippen MR) is 111 cm³/mol. The fourth-order valence-electron chi connectivity index (χ4n) is 1.97. The number of methoxy groups -OCH3 is 1. The molecular formula is C20H39NO9. The fraction of sp³-hybridized carbons (Fsp3) is 0.850. The highest BCUT2D eigenvalue weighted by atomic mass is 16.6. The van der Waals surface area contributed by atoms with Crippen LogP contribution in [0.1, 0.15) is 0 Å². The van der Waals surface area contributed by atoms with E-state index in [9.17, 15) is 4.79 Å². The molecular weight excluding hydrogens is 398 g/mol. The van der Waals surface area contributed by atoms with Gasteiger partial charge in [-0.2, -0.15) is 0 Å². The number of likely N-dealkylation sites (N-methyl/N-ethyl adjacent to an activating group) is 1. The summed E-state index contributed by atoms with van der Waals surface area (Å²) in [7, 11) is 3.30. The minimum absolute atomic E-state index is 0.0276. The van der Waals surface area contributed by atoms with E-state index in [4.69, 9.17) is 33.5 Å². The number of hydrogen-bond donors (Lipinski definition) is 1. The highest BCUT2D eigenvalue weighted by Gasteiger charge is 1.98. The number of carbonyl (C=O) groups is 1. The van der Waals surface area contributed by atoms with E-state index in [0.29, 0.717) is 85.8 Å². The van der Waals surface area contributed by atoms with Crippen LogP contribution < -0.4 is 0 Å². The number of rotatable bonds is 23. The topological polar surface area (TPSA) is 105 Å². The Morgan fingerprint density at radius 1 is 0.733 bits per heavy atom. The third-order valence-electron chi connectivity index (χ3n) is 3.59. The molecule has 1 N–H and O–H groups in total. The molecule has 0 aromatic rings. The van der Waals surface area contributed by atoms with Crippen molar-refractivity contribution in [1.29, 1.82) is 0 Å². The average molecular weight is 438 g/mol. The summed E-state index contributed by atoms with van der Waals surface area (Å²) < 4.78 is 36.6. The van der Waals surface area contributed by atoms with Crippen LogP contribution in [0.15, 0.2) is 12.2 Å². The van der Waals surface area contributed by atoms with E-state index in [1.807, 2.05) is 11.9 Å². The first-order chi connectivity index (χ1) is 14.7. The van der Waals surface area contributed by atoms with Gasteiger partial charge in [0.15, 0.2) is 0 Å². The molecule has 0 aliphatic carbocycles. The standard InChI is InChI=1S/C20H39NO9/c1-21(5-3-4-20(23)24-2)6-8-25-10-12-27-14-16-29-18-19-30-17-15-28-13-11-26-9-7-22/h3-4,22H,5-19H2,1-2H3/b4-3+. The van der Waals surface area contributed by atoms with Crippen LogP contribution in [0.5, 0.6) is 0 Å². The SMILES string of the molecule is COC(=O)/C=C/CN(C)CCOCCOCCOCCOCCOCCOCCO. The molecule has 0 aromatic carbocycles. The van der Waals surface area contributed by atoms with Gasteiger partial charge in [-0.25, -0.2) is 4.79 Å². The minimum atomic E-state index is -0.351. The first kappa shape index (κ1) is 28.9.